The average Bonchev–Trinajstić information content (AvgIpc) is 2.39. The third-order valence-electron chi connectivity index (χ3n) is 2.25. The number of halogens is 2. The summed E-state index contributed by atoms with van der Waals surface area (Å²) in [6.07, 6.45) is 1.55. The van der Waals surface area contributed by atoms with Crippen molar-refractivity contribution in [3.05, 3.63) is 54.0 Å². The number of ether oxygens (including phenoxy) is 1. The average molecular weight is 246 g/mol. The van der Waals surface area contributed by atoms with Crippen LogP contribution in [0.2, 0.25) is 0 Å². The third-order valence-corrected chi connectivity index (χ3v) is 2.25. The Kier molecular flexibility index (Phi) is 3.49. The topological polar surface area (TPSA) is 26.5 Å². The number of alkyl halides is 2. The molecule has 0 aliphatic rings. The molecule has 0 bridgehead atoms. The predicted molar refractivity (Wildman–Crippen MR) is 62.6 cm³/mol. The Morgan fingerprint density at radius 1 is 1.22 bits per heavy atom. The van der Waals surface area contributed by atoms with Crippen LogP contribution in [-0.2, 0) is 0 Å². The molecule has 2 aromatic rings. The van der Waals surface area contributed by atoms with E-state index in [-0.39, 0.29) is 5.75 Å². The highest BCUT2D eigenvalue weighted by Crippen LogP contribution is 2.33. The Balaban J connectivity index is 2.52. The molecule has 18 heavy (non-hydrogen) atoms. The summed E-state index contributed by atoms with van der Waals surface area (Å²) in [5.74, 6) is 0.0103. The molecule has 5 heteroatoms. The van der Waals surface area contributed by atoms with Crippen molar-refractivity contribution in [2.24, 2.45) is 0 Å². The first kappa shape index (κ1) is 12.0. The smallest absolute Gasteiger partial charge is 0.387 e. The normalized spacial score (nSPS) is 10.1. The number of benzene rings is 1. The lowest BCUT2D eigenvalue weighted by Gasteiger charge is -2.10. The van der Waals surface area contributed by atoms with Gasteiger partial charge < -0.3 is 4.74 Å². The summed E-state index contributed by atoms with van der Waals surface area (Å²) in [6, 6.07) is 9.38. The zero-order valence-corrected chi connectivity index (χ0v) is 9.18. The Morgan fingerprint density at radius 3 is 2.67 bits per heavy atom. The molecule has 0 aliphatic heterocycles. The van der Waals surface area contributed by atoms with Crippen LogP contribution in [0.1, 0.15) is 0 Å². The van der Waals surface area contributed by atoms with Gasteiger partial charge in [0, 0.05) is 11.8 Å². The minimum atomic E-state index is -2.91. The van der Waals surface area contributed by atoms with E-state index in [0.29, 0.717) is 16.9 Å². The van der Waals surface area contributed by atoms with Crippen molar-refractivity contribution in [1.82, 2.24) is 4.98 Å². The van der Waals surface area contributed by atoms with Crippen molar-refractivity contribution in [3.8, 4) is 17.0 Å². The van der Waals surface area contributed by atoms with Gasteiger partial charge in [-0.1, -0.05) is 12.1 Å². The monoisotopic (exact) mass is 246 g/mol. The lowest BCUT2D eigenvalue weighted by atomic mass is 10.1. The Morgan fingerprint density at radius 2 is 2.06 bits per heavy atom. The van der Waals surface area contributed by atoms with Gasteiger partial charge in [-0.05, 0) is 24.3 Å². The number of hydrogen-bond donors (Lipinski definition) is 0. The van der Waals surface area contributed by atoms with Crippen molar-refractivity contribution >= 4 is 5.69 Å². The van der Waals surface area contributed by atoms with Crippen LogP contribution in [0.4, 0.5) is 14.5 Å². The van der Waals surface area contributed by atoms with Gasteiger partial charge in [0.2, 0.25) is 0 Å². The van der Waals surface area contributed by atoms with Gasteiger partial charge in [0.05, 0.1) is 12.3 Å². The third kappa shape index (κ3) is 2.61. The van der Waals surface area contributed by atoms with Crippen LogP contribution >= 0.6 is 0 Å². The van der Waals surface area contributed by atoms with E-state index in [1.165, 1.54) is 18.2 Å². The molecule has 1 aromatic carbocycles. The molecule has 0 spiro atoms. The van der Waals surface area contributed by atoms with Crippen LogP contribution in [0.15, 0.2) is 42.6 Å². The summed E-state index contributed by atoms with van der Waals surface area (Å²) in [6.45, 7) is 4.02. The van der Waals surface area contributed by atoms with Crippen LogP contribution in [0.25, 0.3) is 16.1 Å². The van der Waals surface area contributed by atoms with Gasteiger partial charge in [0.25, 0.3) is 0 Å². The first-order valence-corrected chi connectivity index (χ1v) is 5.08. The minimum absolute atomic E-state index is 0.0103. The molecular formula is C13H8F2N2O. The molecule has 0 unspecified atom stereocenters. The molecular weight excluding hydrogens is 238 g/mol. The molecule has 1 heterocycles. The second-order valence-electron chi connectivity index (χ2n) is 3.39. The van der Waals surface area contributed by atoms with Gasteiger partial charge in [-0.15, -0.1) is 0 Å². The van der Waals surface area contributed by atoms with Crippen LogP contribution in [0.3, 0.4) is 0 Å². The van der Waals surface area contributed by atoms with E-state index in [4.69, 9.17) is 6.57 Å². The quantitative estimate of drug-likeness (QED) is 0.768. The molecule has 0 radical (unpaired) electrons. The van der Waals surface area contributed by atoms with Gasteiger partial charge in [0.1, 0.15) is 5.75 Å². The molecule has 0 saturated carbocycles. The van der Waals surface area contributed by atoms with Crippen molar-refractivity contribution in [1.29, 1.82) is 0 Å². The van der Waals surface area contributed by atoms with E-state index in [9.17, 15) is 8.78 Å². The van der Waals surface area contributed by atoms with Gasteiger partial charge in [-0.25, -0.2) is 4.85 Å². The van der Waals surface area contributed by atoms with Gasteiger partial charge in [0.15, 0.2) is 5.69 Å². The summed E-state index contributed by atoms with van der Waals surface area (Å²) in [5.41, 5.74) is 1.21. The van der Waals surface area contributed by atoms with Crippen molar-refractivity contribution in [2.45, 2.75) is 6.61 Å². The van der Waals surface area contributed by atoms with Crippen molar-refractivity contribution < 1.29 is 13.5 Å². The first-order valence-electron chi connectivity index (χ1n) is 5.08. The summed E-state index contributed by atoms with van der Waals surface area (Å²) in [5, 5.41) is 0. The molecule has 0 aliphatic carbocycles. The largest absolute Gasteiger partial charge is 0.434 e. The molecule has 0 N–H and O–H groups in total. The Labute approximate surface area is 102 Å². The molecule has 3 nitrogen and oxygen atoms in total. The second-order valence-corrected chi connectivity index (χ2v) is 3.39. The summed E-state index contributed by atoms with van der Waals surface area (Å²) < 4.78 is 29.0. The number of aromatic nitrogens is 1. The molecule has 0 atom stereocenters. The van der Waals surface area contributed by atoms with Crippen molar-refractivity contribution in [2.75, 3.05) is 0 Å². The summed E-state index contributed by atoms with van der Waals surface area (Å²) in [4.78, 5) is 7.32. The van der Waals surface area contributed by atoms with Crippen LogP contribution in [0, 0.1) is 6.57 Å². The van der Waals surface area contributed by atoms with E-state index in [0.717, 1.165) is 0 Å². The van der Waals surface area contributed by atoms with Crippen LogP contribution < -0.4 is 4.74 Å². The fourth-order valence-corrected chi connectivity index (χ4v) is 1.51. The van der Waals surface area contributed by atoms with E-state index >= 15 is 0 Å². The lowest BCUT2D eigenvalue weighted by molar-refractivity contribution is -0.0494. The predicted octanol–water partition coefficient (Wildman–Crippen LogP) is 3.90. The molecule has 0 saturated heterocycles. The number of hydrogen-bond acceptors (Lipinski definition) is 2. The maximum Gasteiger partial charge on any atom is 0.387 e. The van der Waals surface area contributed by atoms with E-state index in [1.807, 2.05) is 0 Å². The minimum Gasteiger partial charge on any atom is -0.434 e. The first-order chi connectivity index (χ1) is 8.70. The number of nitrogens with zero attached hydrogens (tertiary/aromatic N) is 2. The molecule has 2 rings (SSSR count). The SMILES string of the molecule is [C-]#[N+]c1ccc(OC(F)F)c(-c2ccccn2)c1. The maximum atomic E-state index is 12.3. The fourth-order valence-electron chi connectivity index (χ4n) is 1.51. The van der Waals surface area contributed by atoms with Crippen molar-refractivity contribution in [3.63, 3.8) is 0 Å². The van der Waals surface area contributed by atoms with Crippen LogP contribution in [-0.4, -0.2) is 11.6 Å². The Bertz CT molecular complexity index is 579. The fraction of sp³-hybridized carbons (Fsp3) is 0.0769. The molecule has 0 fully saturated rings. The lowest BCUT2D eigenvalue weighted by Crippen LogP contribution is -2.03. The standard InChI is InChI=1S/C13H8F2N2O/c1-16-9-5-6-12(18-13(14)15)10(8-9)11-4-2-3-7-17-11/h2-8,13H. The summed E-state index contributed by atoms with van der Waals surface area (Å²) in [7, 11) is 0. The molecule has 90 valence electrons. The second kappa shape index (κ2) is 5.23. The van der Waals surface area contributed by atoms with E-state index in [1.54, 1.807) is 24.4 Å². The van der Waals surface area contributed by atoms with E-state index in [2.05, 4.69) is 14.6 Å². The number of pyridine rings is 1. The number of rotatable bonds is 3. The van der Waals surface area contributed by atoms with Gasteiger partial charge in [-0.3, -0.25) is 4.98 Å². The highest BCUT2D eigenvalue weighted by molar-refractivity contribution is 5.72. The molecule has 1 aromatic heterocycles. The van der Waals surface area contributed by atoms with Gasteiger partial charge in [-0.2, -0.15) is 8.78 Å². The highest BCUT2D eigenvalue weighted by Gasteiger charge is 2.12. The maximum absolute atomic E-state index is 12.3. The molecule has 0 amide bonds. The zero-order chi connectivity index (χ0) is 13.0. The highest BCUT2D eigenvalue weighted by atomic mass is 19.3. The summed E-state index contributed by atoms with van der Waals surface area (Å²) >= 11 is 0. The zero-order valence-electron chi connectivity index (χ0n) is 9.18. The van der Waals surface area contributed by atoms with Gasteiger partial charge >= 0.3 is 6.61 Å². The van der Waals surface area contributed by atoms with Crippen LogP contribution in [0.5, 0.6) is 5.75 Å². The Hall–Kier alpha value is -2.48. The van der Waals surface area contributed by atoms with E-state index < -0.39 is 6.61 Å².